The van der Waals surface area contributed by atoms with Gasteiger partial charge in [0.2, 0.25) is 0 Å². The summed E-state index contributed by atoms with van der Waals surface area (Å²) in [5.41, 5.74) is 2.76. The third-order valence-corrected chi connectivity index (χ3v) is 3.96. The second-order valence-electron chi connectivity index (χ2n) is 4.27. The minimum absolute atomic E-state index is 0.218. The van der Waals surface area contributed by atoms with Crippen molar-refractivity contribution in [1.29, 1.82) is 5.26 Å². The van der Waals surface area contributed by atoms with E-state index in [2.05, 4.69) is 11.1 Å². The highest BCUT2D eigenvalue weighted by Gasteiger charge is 2.14. The molecule has 3 nitrogen and oxygen atoms in total. The van der Waals surface area contributed by atoms with Crippen molar-refractivity contribution in [3.8, 4) is 22.9 Å². The molecular weight excluding hydrogens is 256 g/mol. The number of phenolic OH excluding ortho intramolecular Hbond substituents is 1. The molecule has 0 unspecified atom stereocenters. The largest absolute Gasteiger partial charge is 0.508 e. The van der Waals surface area contributed by atoms with Crippen LogP contribution >= 0.6 is 11.3 Å². The van der Waals surface area contributed by atoms with Crippen LogP contribution in [0.5, 0.6) is 5.75 Å². The van der Waals surface area contributed by atoms with Crippen LogP contribution in [-0.2, 0) is 0 Å². The van der Waals surface area contributed by atoms with Gasteiger partial charge < -0.3 is 5.11 Å². The molecule has 0 saturated heterocycles. The van der Waals surface area contributed by atoms with Crippen molar-refractivity contribution in [2.75, 3.05) is 0 Å². The maximum atomic E-state index is 9.36. The van der Waals surface area contributed by atoms with Crippen molar-refractivity contribution < 1.29 is 5.11 Å². The monoisotopic (exact) mass is 266 g/mol. The third kappa shape index (κ3) is 1.94. The summed E-state index contributed by atoms with van der Waals surface area (Å²) in [7, 11) is 0. The lowest BCUT2D eigenvalue weighted by Gasteiger charge is -2.01. The quantitative estimate of drug-likeness (QED) is 0.727. The van der Waals surface area contributed by atoms with Gasteiger partial charge in [0, 0.05) is 16.6 Å². The lowest BCUT2D eigenvalue weighted by atomic mass is 10.0. The van der Waals surface area contributed by atoms with Crippen LogP contribution in [0, 0.1) is 18.3 Å². The predicted molar refractivity (Wildman–Crippen MR) is 76.2 cm³/mol. The fourth-order valence-electron chi connectivity index (χ4n) is 2.06. The summed E-state index contributed by atoms with van der Waals surface area (Å²) < 4.78 is 0. The summed E-state index contributed by atoms with van der Waals surface area (Å²) in [4.78, 5) is 5.99. The topological polar surface area (TPSA) is 56.9 Å². The molecule has 2 aromatic heterocycles. The molecule has 0 amide bonds. The Labute approximate surface area is 114 Å². The molecule has 0 saturated carbocycles. The Morgan fingerprint density at radius 1 is 1.16 bits per heavy atom. The molecule has 1 N–H and O–H groups in total. The zero-order valence-electron chi connectivity index (χ0n) is 10.2. The standard InChI is InChI=1S/C15H10N2OS/c1-9-2-7-12-14(10-3-5-11(18)6-4-10)13(8-16)19-15(12)17-9/h2-7,18H,1H3. The molecule has 0 radical (unpaired) electrons. The van der Waals surface area contributed by atoms with E-state index >= 15 is 0 Å². The molecule has 0 spiro atoms. The number of benzene rings is 1. The van der Waals surface area contributed by atoms with Crippen LogP contribution in [0.4, 0.5) is 0 Å². The number of hydrogen-bond acceptors (Lipinski definition) is 4. The van der Waals surface area contributed by atoms with Gasteiger partial charge in [0.25, 0.3) is 0 Å². The molecule has 3 rings (SSSR count). The van der Waals surface area contributed by atoms with Crippen LogP contribution in [-0.4, -0.2) is 10.1 Å². The van der Waals surface area contributed by atoms with Gasteiger partial charge in [0.1, 0.15) is 21.5 Å². The number of nitriles is 1. The van der Waals surface area contributed by atoms with E-state index in [-0.39, 0.29) is 5.75 Å². The van der Waals surface area contributed by atoms with E-state index in [4.69, 9.17) is 0 Å². The summed E-state index contributed by atoms with van der Waals surface area (Å²) in [6.07, 6.45) is 0. The van der Waals surface area contributed by atoms with Crippen LogP contribution in [0.15, 0.2) is 36.4 Å². The molecule has 1 aromatic carbocycles. The van der Waals surface area contributed by atoms with E-state index in [9.17, 15) is 10.4 Å². The average Bonchev–Trinajstić information content (AvgIpc) is 2.77. The number of pyridine rings is 1. The highest BCUT2D eigenvalue weighted by molar-refractivity contribution is 7.19. The smallest absolute Gasteiger partial charge is 0.125 e. The van der Waals surface area contributed by atoms with Gasteiger partial charge in [-0.15, -0.1) is 11.3 Å². The summed E-state index contributed by atoms with van der Waals surface area (Å²) in [6, 6.07) is 13.1. The Balaban J connectivity index is 2.33. The van der Waals surface area contributed by atoms with E-state index in [0.29, 0.717) is 4.88 Å². The zero-order chi connectivity index (χ0) is 13.4. The fraction of sp³-hybridized carbons (Fsp3) is 0.0667. The SMILES string of the molecule is Cc1ccc2c(-c3ccc(O)cc3)c(C#N)sc2n1. The molecule has 0 aliphatic heterocycles. The van der Waals surface area contributed by atoms with E-state index in [1.165, 1.54) is 11.3 Å². The van der Waals surface area contributed by atoms with Gasteiger partial charge in [-0.3, -0.25) is 0 Å². The van der Waals surface area contributed by atoms with Crippen LogP contribution < -0.4 is 0 Å². The minimum Gasteiger partial charge on any atom is -0.508 e. The number of aryl methyl sites for hydroxylation is 1. The lowest BCUT2D eigenvalue weighted by Crippen LogP contribution is -1.81. The molecule has 0 aliphatic rings. The van der Waals surface area contributed by atoms with Crippen LogP contribution in [0.1, 0.15) is 10.6 Å². The third-order valence-electron chi connectivity index (χ3n) is 2.95. The number of hydrogen-bond donors (Lipinski definition) is 1. The van der Waals surface area contributed by atoms with Crippen molar-refractivity contribution in [3.63, 3.8) is 0 Å². The van der Waals surface area contributed by atoms with Gasteiger partial charge in [-0.1, -0.05) is 12.1 Å². The number of aromatic nitrogens is 1. The zero-order valence-corrected chi connectivity index (χ0v) is 11.0. The van der Waals surface area contributed by atoms with Crippen molar-refractivity contribution in [2.45, 2.75) is 6.92 Å². The Morgan fingerprint density at radius 3 is 2.58 bits per heavy atom. The Hall–Kier alpha value is -2.38. The first-order chi connectivity index (χ1) is 9.19. The minimum atomic E-state index is 0.218. The summed E-state index contributed by atoms with van der Waals surface area (Å²) in [5, 5.41) is 19.6. The number of fused-ring (bicyclic) bond motifs is 1. The number of nitrogens with zero attached hydrogens (tertiary/aromatic N) is 2. The predicted octanol–water partition coefficient (Wildman–Crippen LogP) is 3.85. The maximum absolute atomic E-state index is 9.36. The van der Waals surface area contributed by atoms with Gasteiger partial charge in [-0.25, -0.2) is 4.98 Å². The van der Waals surface area contributed by atoms with Crippen molar-refractivity contribution >= 4 is 21.6 Å². The number of phenols is 1. The van der Waals surface area contributed by atoms with Gasteiger partial charge in [0.15, 0.2) is 0 Å². The number of aromatic hydroxyl groups is 1. The Kier molecular flexibility index (Phi) is 2.69. The molecule has 19 heavy (non-hydrogen) atoms. The van der Waals surface area contributed by atoms with Crippen molar-refractivity contribution in [1.82, 2.24) is 4.98 Å². The number of rotatable bonds is 1. The first-order valence-electron chi connectivity index (χ1n) is 5.78. The molecular formula is C15H10N2OS. The molecule has 92 valence electrons. The average molecular weight is 266 g/mol. The molecule has 2 heterocycles. The van der Waals surface area contributed by atoms with Crippen LogP contribution in [0.3, 0.4) is 0 Å². The Bertz CT molecular complexity index is 797. The number of thiophene rings is 1. The van der Waals surface area contributed by atoms with Crippen LogP contribution in [0.25, 0.3) is 21.3 Å². The lowest BCUT2D eigenvalue weighted by molar-refractivity contribution is 0.475. The normalized spacial score (nSPS) is 10.5. The second-order valence-corrected chi connectivity index (χ2v) is 5.27. The molecule has 0 atom stereocenters. The van der Waals surface area contributed by atoms with Gasteiger partial charge >= 0.3 is 0 Å². The fourth-order valence-corrected chi connectivity index (χ4v) is 3.10. The summed E-state index contributed by atoms with van der Waals surface area (Å²) in [5.74, 6) is 0.218. The highest BCUT2D eigenvalue weighted by Crippen LogP contribution is 2.37. The highest BCUT2D eigenvalue weighted by atomic mass is 32.1. The second kappa shape index (κ2) is 4.38. The van der Waals surface area contributed by atoms with E-state index in [0.717, 1.165) is 27.0 Å². The Morgan fingerprint density at radius 2 is 1.89 bits per heavy atom. The first kappa shape index (κ1) is 11.7. The van der Waals surface area contributed by atoms with Gasteiger partial charge in [-0.05, 0) is 36.8 Å². The molecule has 0 fully saturated rings. The van der Waals surface area contributed by atoms with E-state index in [1.807, 2.05) is 31.2 Å². The molecule has 0 bridgehead atoms. The summed E-state index contributed by atoms with van der Waals surface area (Å²) in [6.45, 7) is 1.94. The summed E-state index contributed by atoms with van der Waals surface area (Å²) >= 11 is 1.40. The van der Waals surface area contributed by atoms with Crippen LogP contribution in [0.2, 0.25) is 0 Å². The molecule has 3 aromatic rings. The first-order valence-corrected chi connectivity index (χ1v) is 6.60. The van der Waals surface area contributed by atoms with Gasteiger partial charge in [-0.2, -0.15) is 5.26 Å². The molecule has 4 heteroatoms. The van der Waals surface area contributed by atoms with Crippen molar-refractivity contribution in [3.05, 3.63) is 47.0 Å². The van der Waals surface area contributed by atoms with E-state index in [1.54, 1.807) is 12.1 Å². The molecule has 0 aliphatic carbocycles. The maximum Gasteiger partial charge on any atom is 0.125 e. The van der Waals surface area contributed by atoms with Gasteiger partial charge in [0.05, 0.1) is 0 Å². The van der Waals surface area contributed by atoms with Crippen molar-refractivity contribution in [2.24, 2.45) is 0 Å². The van der Waals surface area contributed by atoms with E-state index < -0.39 is 0 Å².